The van der Waals surface area contributed by atoms with Gasteiger partial charge < -0.3 is 16.4 Å². The first kappa shape index (κ1) is 24.4. The number of anilines is 2. The summed E-state index contributed by atoms with van der Waals surface area (Å²) in [6.45, 7) is 1.83. The molecule has 0 fully saturated rings. The maximum absolute atomic E-state index is 15.1. The first-order valence-electron chi connectivity index (χ1n) is 10.1. The molecule has 6 nitrogen and oxygen atoms in total. The largest absolute Gasteiger partial charge is 0.403 e. The standard InChI is InChI=1S/C24H20F4N4O2/c1-2-13-10-14(6-7-18(13)30-9-8-29)23(33)20-21(27)17(26)12-19(22(20)28)32-24(34)31-16-5-3-4-15(25)11-16/h3-13H,2,29H2,1H3,(H2,31,32,34)/b9-8-,30-18?. The Morgan fingerprint density at radius 2 is 1.85 bits per heavy atom. The van der Waals surface area contributed by atoms with Gasteiger partial charge in [-0.1, -0.05) is 19.1 Å². The molecule has 176 valence electrons. The number of hydrogen-bond acceptors (Lipinski definition) is 4. The van der Waals surface area contributed by atoms with Crippen molar-refractivity contribution in [2.75, 3.05) is 10.6 Å². The van der Waals surface area contributed by atoms with Gasteiger partial charge in [0.25, 0.3) is 0 Å². The molecule has 1 aliphatic carbocycles. The second-order valence-electron chi connectivity index (χ2n) is 7.19. The molecule has 0 aliphatic heterocycles. The summed E-state index contributed by atoms with van der Waals surface area (Å²) in [6.07, 6.45) is 7.40. The molecule has 0 saturated heterocycles. The Labute approximate surface area is 192 Å². The minimum Gasteiger partial charge on any atom is -0.403 e. The molecule has 0 spiro atoms. The topological polar surface area (TPSA) is 96.6 Å². The van der Waals surface area contributed by atoms with Crippen LogP contribution in [0.15, 0.2) is 71.5 Å². The minimum absolute atomic E-state index is 0.0434. The lowest BCUT2D eigenvalue weighted by Crippen LogP contribution is -2.22. The van der Waals surface area contributed by atoms with Crippen LogP contribution in [0.4, 0.5) is 33.7 Å². The van der Waals surface area contributed by atoms with E-state index in [1.54, 1.807) is 0 Å². The number of carbonyl (C=O) groups is 2. The number of amides is 2. The first-order valence-corrected chi connectivity index (χ1v) is 10.1. The van der Waals surface area contributed by atoms with E-state index >= 15 is 4.39 Å². The quantitative estimate of drug-likeness (QED) is 0.296. The number of rotatable bonds is 6. The van der Waals surface area contributed by atoms with Gasteiger partial charge >= 0.3 is 6.03 Å². The Kier molecular flexibility index (Phi) is 7.62. The summed E-state index contributed by atoms with van der Waals surface area (Å²) in [4.78, 5) is 29.2. The molecule has 3 rings (SSSR count). The van der Waals surface area contributed by atoms with Crippen molar-refractivity contribution in [1.82, 2.24) is 0 Å². The highest BCUT2D eigenvalue weighted by atomic mass is 19.2. The van der Waals surface area contributed by atoms with Crippen molar-refractivity contribution in [3.63, 3.8) is 0 Å². The molecule has 2 aromatic rings. The summed E-state index contributed by atoms with van der Waals surface area (Å²) in [6, 6.07) is 4.21. The number of halogens is 4. The van der Waals surface area contributed by atoms with E-state index in [1.165, 1.54) is 42.8 Å². The Balaban J connectivity index is 1.90. The molecule has 1 unspecified atom stereocenters. The number of benzene rings is 2. The summed E-state index contributed by atoms with van der Waals surface area (Å²) < 4.78 is 57.1. The third-order valence-corrected chi connectivity index (χ3v) is 4.92. The molecule has 2 aromatic carbocycles. The number of aliphatic imine (C=N–C) groups is 1. The first-order chi connectivity index (χ1) is 16.2. The molecule has 10 heteroatoms. The Bertz CT molecular complexity index is 1250. The van der Waals surface area contributed by atoms with Crippen LogP contribution in [-0.2, 0) is 0 Å². The van der Waals surface area contributed by atoms with Crippen LogP contribution in [0.2, 0.25) is 0 Å². The lowest BCUT2D eigenvalue weighted by atomic mass is 9.88. The van der Waals surface area contributed by atoms with E-state index in [1.807, 2.05) is 12.2 Å². The zero-order valence-corrected chi connectivity index (χ0v) is 17.9. The summed E-state index contributed by atoms with van der Waals surface area (Å²) in [5.74, 6) is -6.75. The van der Waals surface area contributed by atoms with Gasteiger partial charge in [0.05, 0.1) is 11.3 Å². The van der Waals surface area contributed by atoms with Gasteiger partial charge in [-0.25, -0.2) is 22.4 Å². The van der Waals surface area contributed by atoms with Gasteiger partial charge in [0.1, 0.15) is 5.82 Å². The van der Waals surface area contributed by atoms with Crippen LogP contribution in [0.1, 0.15) is 23.7 Å². The second-order valence-corrected chi connectivity index (χ2v) is 7.19. The van der Waals surface area contributed by atoms with Crippen molar-refractivity contribution in [3.05, 3.63) is 95.4 Å². The van der Waals surface area contributed by atoms with Gasteiger partial charge in [-0.2, -0.15) is 0 Å². The second kappa shape index (κ2) is 10.6. The summed E-state index contributed by atoms with van der Waals surface area (Å²) in [5.41, 5.74) is 3.91. The number of Topliss-reactive ketones (excluding diaryl/α,β-unsaturated/α-hetero) is 1. The minimum atomic E-state index is -1.69. The SMILES string of the molecule is CCC1C=C(C(=O)c2c(F)c(F)cc(NC(=O)Nc3cccc(F)c3)c2F)C=CC1=N/C=C\N. The highest BCUT2D eigenvalue weighted by Gasteiger charge is 2.28. The van der Waals surface area contributed by atoms with E-state index in [0.29, 0.717) is 18.2 Å². The predicted octanol–water partition coefficient (Wildman–Crippen LogP) is 5.46. The average molecular weight is 472 g/mol. The van der Waals surface area contributed by atoms with Crippen molar-refractivity contribution >= 4 is 28.9 Å². The van der Waals surface area contributed by atoms with E-state index in [9.17, 15) is 22.8 Å². The summed E-state index contributed by atoms with van der Waals surface area (Å²) in [7, 11) is 0. The van der Waals surface area contributed by atoms with Gasteiger partial charge in [0.2, 0.25) is 0 Å². The average Bonchev–Trinajstić information content (AvgIpc) is 2.81. The third kappa shape index (κ3) is 5.40. The number of urea groups is 1. The van der Waals surface area contributed by atoms with E-state index in [2.05, 4.69) is 10.3 Å². The highest BCUT2D eigenvalue weighted by molar-refractivity contribution is 6.14. The lowest BCUT2D eigenvalue weighted by Gasteiger charge is -2.18. The van der Waals surface area contributed by atoms with Gasteiger partial charge in [0.15, 0.2) is 23.2 Å². The molecule has 4 N–H and O–H groups in total. The Hall–Kier alpha value is -4.21. The van der Waals surface area contributed by atoms with Crippen molar-refractivity contribution in [1.29, 1.82) is 0 Å². The van der Waals surface area contributed by atoms with Crippen LogP contribution in [0, 0.1) is 29.2 Å². The molecule has 1 aliphatic rings. The number of nitrogens with two attached hydrogens (primary N) is 1. The molecule has 0 saturated carbocycles. The molecule has 34 heavy (non-hydrogen) atoms. The van der Waals surface area contributed by atoms with Crippen LogP contribution < -0.4 is 16.4 Å². The van der Waals surface area contributed by atoms with Crippen molar-refractivity contribution < 1.29 is 27.2 Å². The predicted molar refractivity (Wildman–Crippen MR) is 121 cm³/mol. The smallest absolute Gasteiger partial charge is 0.323 e. The van der Waals surface area contributed by atoms with E-state index in [-0.39, 0.29) is 17.2 Å². The molecule has 2 amide bonds. The number of allylic oxidation sites excluding steroid dienone is 4. The molecule has 1 atom stereocenters. The molecular formula is C24H20F4N4O2. The number of nitrogens with zero attached hydrogens (tertiary/aromatic N) is 1. The molecular weight excluding hydrogens is 452 g/mol. The Morgan fingerprint density at radius 1 is 1.09 bits per heavy atom. The summed E-state index contributed by atoms with van der Waals surface area (Å²) in [5, 5.41) is 4.24. The summed E-state index contributed by atoms with van der Waals surface area (Å²) >= 11 is 0. The number of hydrogen-bond donors (Lipinski definition) is 3. The van der Waals surface area contributed by atoms with Crippen molar-refractivity contribution in [3.8, 4) is 0 Å². The molecule has 0 radical (unpaired) electrons. The normalized spacial score (nSPS) is 16.6. The van der Waals surface area contributed by atoms with Crippen LogP contribution in [-0.4, -0.2) is 17.5 Å². The molecule has 0 heterocycles. The maximum Gasteiger partial charge on any atom is 0.323 e. The number of ketones is 1. The van der Waals surface area contributed by atoms with E-state index in [4.69, 9.17) is 5.73 Å². The molecule has 0 bridgehead atoms. The fourth-order valence-electron chi connectivity index (χ4n) is 3.29. The van der Waals surface area contributed by atoms with Crippen LogP contribution >= 0.6 is 0 Å². The Morgan fingerprint density at radius 3 is 2.53 bits per heavy atom. The van der Waals surface area contributed by atoms with Crippen LogP contribution in [0.5, 0.6) is 0 Å². The van der Waals surface area contributed by atoms with Crippen molar-refractivity contribution in [2.24, 2.45) is 16.6 Å². The zero-order valence-electron chi connectivity index (χ0n) is 17.9. The van der Waals surface area contributed by atoms with E-state index in [0.717, 1.165) is 12.1 Å². The zero-order chi connectivity index (χ0) is 24.8. The van der Waals surface area contributed by atoms with Gasteiger partial charge in [-0.15, -0.1) is 0 Å². The van der Waals surface area contributed by atoms with Gasteiger partial charge in [-0.05, 0) is 36.8 Å². The number of carbonyl (C=O) groups excluding carboxylic acids is 2. The van der Waals surface area contributed by atoms with E-state index < -0.39 is 46.3 Å². The monoisotopic (exact) mass is 472 g/mol. The van der Waals surface area contributed by atoms with Gasteiger partial charge in [-0.3, -0.25) is 9.79 Å². The fourth-order valence-corrected chi connectivity index (χ4v) is 3.29. The fraction of sp³-hybridized carbons (Fsp3) is 0.125. The third-order valence-electron chi connectivity index (χ3n) is 4.92. The highest BCUT2D eigenvalue weighted by Crippen LogP contribution is 2.29. The van der Waals surface area contributed by atoms with Crippen LogP contribution in [0.3, 0.4) is 0 Å². The number of nitrogens with one attached hydrogen (secondary N) is 2. The maximum atomic E-state index is 15.1. The molecule has 0 aromatic heterocycles. The van der Waals surface area contributed by atoms with Crippen molar-refractivity contribution in [2.45, 2.75) is 13.3 Å². The van der Waals surface area contributed by atoms with Gasteiger partial charge in [0, 0.05) is 41.4 Å². The lowest BCUT2D eigenvalue weighted by molar-refractivity contribution is 0.102. The van der Waals surface area contributed by atoms with Crippen LogP contribution in [0.25, 0.3) is 0 Å².